The van der Waals surface area contributed by atoms with Crippen LogP contribution in [0.5, 0.6) is 11.5 Å². The first-order chi connectivity index (χ1) is 7.56. The molecule has 0 aliphatic carbocycles. The zero-order valence-electron chi connectivity index (χ0n) is 7.93. The lowest BCUT2D eigenvalue weighted by molar-refractivity contribution is 0.265. The van der Waals surface area contributed by atoms with Gasteiger partial charge in [-0.3, -0.25) is 4.79 Å². The van der Waals surface area contributed by atoms with E-state index in [1.807, 2.05) is 0 Å². The zero-order chi connectivity index (χ0) is 11.7. The smallest absolute Gasteiger partial charge is 0.289 e. The van der Waals surface area contributed by atoms with Crippen molar-refractivity contribution in [2.75, 3.05) is 0 Å². The molecule has 1 aliphatic heterocycles. The van der Waals surface area contributed by atoms with Crippen molar-refractivity contribution in [3.05, 3.63) is 28.7 Å². The van der Waals surface area contributed by atoms with Crippen molar-refractivity contribution in [2.45, 2.75) is 0 Å². The second-order valence-electron chi connectivity index (χ2n) is 3.10. The predicted octanol–water partition coefficient (Wildman–Crippen LogP) is 2.22. The van der Waals surface area contributed by atoms with Crippen molar-refractivity contribution >= 4 is 40.3 Å². The molecule has 0 aromatic heterocycles. The third-order valence-corrected chi connectivity index (χ3v) is 3.22. The molecule has 0 spiro atoms. The number of hydrogen-bond donors (Lipinski definition) is 3. The minimum atomic E-state index is -0.240. The van der Waals surface area contributed by atoms with Gasteiger partial charge < -0.3 is 15.5 Å². The third-order valence-electron chi connectivity index (χ3n) is 1.94. The number of carbonyl (C=O) groups is 1. The highest BCUT2D eigenvalue weighted by Crippen LogP contribution is 2.30. The number of aromatic hydroxyl groups is 2. The number of phenols is 2. The molecular weight excluding hydrogens is 246 g/mol. The van der Waals surface area contributed by atoms with Crippen LogP contribution in [0.4, 0.5) is 4.79 Å². The van der Waals surface area contributed by atoms with Gasteiger partial charge in [0, 0.05) is 5.56 Å². The SMILES string of the molecule is O=C1NC(=S)/C(=C\c2cc(O)ccc2O)S1. The number of amides is 1. The third kappa shape index (κ3) is 2.17. The number of nitrogens with one attached hydrogen (secondary N) is 1. The lowest BCUT2D eigenvalue weighted by Crippen LogP contribution is -2.15. The predicted molar refractivity (Wildman–Crippen MR) is 66.5 cm³/mol. The van der Waals surface area contributed by atoms with E-state index in [-0.39, 0.29) is 16.7 Å². The molecule has 16 heavy (non-hydrogen) atoms. The normalized spacial score (nSPS) is 17.9. The molecule has 1 aromatic carbocycles. The summed E-state index contributed by atoms with van der Waals surface area (Å²) in [6, 6.07) is 4.15. The molecular formula is C10H7NO3S2. The van der Waals surface area contributed by atoms with Crippen molar-refractivity contribution in [2.24, 2.45) is 0 Å². The first kappa shape index (κ1) is 11.0. The average Bonchev–Trinajstić information content (AvgIpc) is 2.51. The summed E-state index contributed by atoms with van der Waals surface area (Å²) in [5.74, 6) is 0.0610. The topological polar surface area (TPSA) is 69.6 Å². The van der Waals surface area contributed by atoms with Crippen molar-refractivity contribution in [3.8, 4) is 11.5 Å². The summed E-state index contributed by atoms with van der Waals surface area (Å²) >= 11 is 5.89. The van der Waals surface area contributed by atoms with E-state index in [9.17, 15) is 15.0 Å². The van der Waals surface area contributed by atoms with E-state index in [1.54, 1.807) is 6.08 Å². The van der Waals surface area contributed by atoms with Crippen molar-refractivity contribution in [1.82, 2.24) is 5.32 Å². The van der Waals surface area contributed by atoms with Crippen molar-refractivity contribution in [1.29, 1.82) is 0 Å². The van der Waals surface area contributed by atoms with Crippen LogP contribution in [0.15, 0.2) is 23.1 Å². The molecule has 1 heterocycles. The van der Waals surface area contributed by atoms with Crippen LogP contribution in [-0.2, 0) is 0 Å². The van der Waals surface area contributed by atoms with E-state index >= 15 is 0 Å². The molecule has 1 amide bonds. The van der Waals surface area contributed by atoms with Crippen molar-refractivity contribution < 1.29 is 15.0 Å². The Balaban J connectivity index is 2.39. The van der Waals surface area contributed by atoms with Crippen LogP contribution >= 0.6 is 24.0 Å². The van der Waals surface area contributed by atoms with Crippen molar-refractivity contribution in [3.63, 3.8) is 0 Å². The van der Waals surface area contributed by atoms with Gasteiger partial charge in [0.1, 0.15) is 16.5 Å². The molecule has 0 saturated carbocycles. The maximum atomic E-state index is 11.0. The molecule has 0 unspecified atom stereocenters. The average molecular weight is 253 g/mol. The van der Waals surface area contributed by atoms with Crippen LogP contribution in [0, 0.1) is 0 Å². The highest BCUT2D eigenvalue weighted by atomic mass is 32.2. The number of thiocarbonyl (C=S) groups is 1. The van der Waals surface area contributed by atoms with E-state index < -0.39 is 0 Å². The van der Waals surface area contributed by atoms with Crippen LogP contribution < -0.4 is 5.32 Å². The summed E-state index contributed by atoms with van der Waals surface area (Å²) in [5, 5.41) is 21.0. The van der Waals surface area contributed by atoms with Crippen LogP contribution in [0.2, 0.25) is 0 Å². The Morgan fingerprint density at radius 3 is 2.75 bits per heavy atom. The second kappa shape index (κ2) is 4.15. The highest BCUT2D eigenvalue weighted by Gasteiger charge is 2.21. The Hall–Kier alpha value is -1.53. The second-order valence-corrected chi connectivity index (χ2v) is 4.52. The molecule has 82 valence electrons. The lowest BCUT2D eigenvalue weighted by Gasteiger charge is -2.00. The summed E-state index contributed by atoms with van der Waals surface area (Å²) in [5.41, 5.74) is 0.418. The van der Waals surface area contributed by atoms with Gasteiger partial charge in [0.25, 0.3) is 5.24 Å². The van der Waals surface area contributed by atoms with Gasteiger partial charge in [0.2, 0.25) is 0 Å². The number of phenolic OH excluding ortho intramolecular Hbond substituents is 2. The van der Waals surface area contributed by atoms with E-state index in [0.29, 0.717) is 15.5 Å². The number of carbonyl (C=O) groups excluding carboxylic acids is 1. The van der Waals surface area contributed by atoms with Gasteiger partial charge in [0.15, 0.2) is 0 Å². The Morgan fingerprint density at radius 1 is 1.38 bits per heavy atom. The Bertz CT molecular complexity index is 511. The molecule has 0 bridgehead atoms. The maximum absolute atomic E-state index is 11.0. The Morgan fingerprint density at radius 2 is 2.12 bits per heavy atom. The van der Waals surface area contributed by atoms with Gasteiger partial charge in [-0.05, 0) is 36.0 Å². The standard InChI is InChI=1S/C10H7NO3S2/c12-6-1-2-7(13)5(3-6)4-8-9(15)11-10(14)16-8/h1-4,12-13H,(H,11,14,15)/b8-4+. The van der Waals surface area contributed by atoms with Gasteiger partial charge in [-0.15, -0.1) is 0 Å². The Labute approximate surface area is 101 Å². The maximum Gasteiger partial charge on any atom is 0.289 e. The minimum absolute atomic E-state index is 0.0213. The molecule has 1 saturated heterocycles. The minimum Gasteiger partial charge on any atom is -0.508 e. The van der Waals surface area contributed by atoms with Crippen LogP contribution in [0.3, 0.4) is 0 Å². The lowest BCUT2D eigenvalue weighted by atomic mass is 10.2. The monoisotopic (exact) mass is 253 g/mol. The first-order valence-corrected chi connectivity index (χ1v) is 5.55. The molecule has 2 rings (SSSR count). The van der Waals surface area contributed by atoms with Gasteiger partial charge in [-0.25, -0.2) is 0 Å². The van der Waals surface area contributed by atoms with Gasteiger partial charge in [-0.1, -0.05) is 12.2 Å². The van der Waals surface area contributed by atoms with Crippen LogP contribution in [0.25, 0.3) is 6.08 Å². The number of thioether (sulfide) groups is 1. The summed E-state index contributed by atoms with van der Waals surface area (Å²) in [6.45, 7) is 0. The van der Waals surface area contributed by atoms with Gasteiger partial charge in [0.05, 0.1) is 4.91 Å². The molecule has 0 radical (unpaired) electrons. The quantitative estimate of drug-likeness (QED) is 0.407. The number of benzene rings is 1. The first-order valence-electron chi connectivity index (χ1n) is 4.33. The van der Waals surface area contributed by atoms with Crippen LogP contribution in [-0.4, -0.2) is 20.4 Å². The molecule has 3 N–H and O–H groups in total. The summed E-state index contributed by atoms with van der Waals surface area (Å²) < 4.78 is 0. The fraction of sp³-hybridized carbons (Fsp3) is 0. The number of rotatable bonds is 1. The van der Waals surface area contributed by atoms with E-state index in [0.717, 1.165) is 11.8 Å². The molecule has 6 heteroatoms. The van der Waals surface area contributed by atoms with E-state index in [1.165, 1.54) is 18.2 Å². The summed E-state index contributed by atoms with van der Waals surface area (Å²) in [7, 11) is 0. The largest absolute Gasteiger partial charge is 0.508 e. The molecule has 1 fully saturated rings. The fourth-order valence-corrected chi connectivity index (χ4v) is 2.24. The number of hydrogen-bond acceptors (Lipinski definition) is 5. The summed E-state index contributed by atoms with van der Waals surface area (Å²) in [4.78, 5) is 11.9. The van der Waals surface area contributed by atoms with Crippen LogP contribution in [0.1, 0.15) is 5.56 Å². The fourth-order valence-electron chi connectivity index (χ4n) is 1.22. The molecule has 1 aromatic rings. The Kier molecular flexibility index (Phi) is 2.84. The molecule has 0 atom stereocenters. The van der Waals surface area contributed by atoms with E-state index in [4.69, 9.17) is 12.2 Å². The zero-order valence-corrected chi connectivity index (χ0v) is 9.56. The van der Waals surface area contributed by atoms with E-state index in [2.05, 4.69) is 5.32 Å². The van der Waals surface area contributed by atoms with Gasteiger partial charge >= 0.3 is 0 Å². The van der Waals surface area contributed by atoms with Gasteiger partial charge in [-0.2, -0.15) is 0 Å². The summed E-state index contributed by atoms with van der Waals surface area (Å²) in [6.07, 6.45) is 1.56. The molecule has 1 aliphatic rings. The highest BCUT2D eigenvalue weighted by molar-refractivity contribution is 8.19. The molecule has 4 nitrogen and oxygen atoms in total.